The topological polar surface area (TPSA) is 138 Å². The molecular formula is C38H58N4O7S. The molecular weight excluding hydrogens is 657 g/mol. The Morgan fingerprint density at radius 1 is 1.12 bits per heavy atom. The van der Waals surface area contributed by atoms with E-state index in [-0.39, 0.29) is 60.9 Å². The van der Waals surface area contributed by atoms with Crippen LogP contribution >= 0.6 is 11.3 Å². The minimum Gasteiger partial charge on any atom is -0.480 e. The summed E-state index contributed by atoms with van der Waals surface area (Å²) in [5.74, 6) is -1.93. The third kappa shape index (κ3) is 11.7. The molecule has 2 heterocycles. The van der Waals surface area contributed by atoms with Gasteiger partial charge in [-0.3, -0.25) is 19.3 Å². The maximum absolute atomic E-state index is 14.6. The molecule has 2 unspecified atom stereocenters. The predicted molar refractivity (Wildman–Crippen MR) is 195 cm³/mol. The molecule has 1 saturated heterocycles. The number of likely N-dealkylation sites (N-methyl/N-ethyl adjacent to an activating group) is 1. The van der Waals surface area contributed by atoms with Crippen LogP contribution in [0, 0.1) is 17.8 Å². The van der Waals surface area contributed by atoms with Gasteiger partial charge in [-0.25, -0.2) is 9.78 Å². The first-order valence-electron chi connectivity index (χ1n) is 18.1. The number of carbonyl (C=O) groups is 4. The molecule has 1 aliphatic heterocycles. The normalized spacial score (nSPS) is 18.2. The highest BCUT2D eigenvalue weighted by Gasteiger charge is 2.38. The molecule has 6 atom stereocenters. The van der Waals surface area contributed by atoms with Crippen molar-refractivity contribution in [2.75, 3.05) is 34.0 Å². The third-order valence-corrected chi connectivity index (χ3v) is 10.8. The predicted octanol–water partition coefficient (Wildman–Crippen LogP) is 5.99. The van der Waals surface area contributed by atoms with Crippen molar-refractivity contribution in [3.63, 3.8) is 0 Å². The SMILES string of the molecule is CCCN(C(=O)C(CC(=O)C1CCCCN1C)[C@@H](C)CC)[C@H](C[C@@H](OCOC)c1nc(C(=O)N[C@@H](Cc2ccccc2)C(=O)O)cs1)C(C)C. The van der Waals surface area contributed by atoms with Gasteiger partial charge in [0.15, 0.2) is 5.78 Å². The Bertz CT molecular complexity index is 1370. The summed E-state index contributed by atoms with van der Waals surface area (Å²) in [7, 11) is 3.53. The number of benzene rings is 1. The van der Waals surface area contributed by atoms with E-state index in [1.165, 1.54) is 18.4 Å². The van der Waals surface area contributed by atoms with Crippen LogP contribution in [0.2, 0.25) is 0 Å². The molecule has 0 saturated carbocycles. The second kappa shape index (κ2) is 20.6. The number of aromatic nitrogens is 1. The molecule has 3 rings (SSSR count). The number of rotatable bonds is 21. The molecule has 2 aromatic rings. The van der Waals surface area contributed by atoms with Crippen LogP contribution in [-0.2, 0) is 30.3 Å². The van der Waals surface area contributed by atoms with Crippen molar-refractivity contribution < 1.29 is 33.8 Å². The second-order valence-electron chi connectivity index (χ2n) is 13.9. The van der Waals surface area contributed by atoms with E-state index in [1.54, 1.807) is 5.38 Å². The van der Waals surface area contributed by atoms with Crippen molar-refractivity contribution in [1.82, 2.24) is 20.1 Å². The lowest BCUT2D eigenvalue weighted by atomic mass is 9.82. The number of nitrogens with one attached hydrogen (secondary N) is 1. The first kappa shape index (κ1) is 41.2. The van der Waals surface area contributed by atoms with Gasteiger partial charge < -0.3 is 24.8 Å². The van der Waals surface area contributed by atoms with Crippen molar-refractivity contribution in [3.05, 3.63) is 52.0 Å². The number of likely N-dealkylation sites (tertiary alicyclic amines) is 1. The molecule has 2 amide bonds. The molecule has 0 radical (unpaired) electrons. The lowest BCUT2D eigenvalue weighted by Gasteiger charge is -2.40. The lowest BCUT2D eigenvalue weighted by molar-refractivity contribution is -0.146. The van der Waals surface area contributed by atoms with Gasteiger partial charge in [-0.15, -0.1) is 11.3 Å². The van der Waals surface area contributed by atoms with Crippen molar-refractivity contribution in [2.24, 2.45) is 17.8 Å². The van der Waals surface area contributed by atoms with E-state index in [0.29, 0.717) is 18.0 Å². The van der Waals surface area contributed by atoms with Gasteiger partial charge in [-0.1, -0.05) is 77.8 Å². The third-order valence-electron chi connectivity index (χ3n) is 9.89. The van der Waals surface area contributed by atoms with E-state index in [9.17, 15) is 24.3 Å². The molecule has 1 fully saturated rings. The fourth-order valence-electron chi connectivity index (χ4n) is 6.74. The van der Waals surface area contributed by atoms with E-state index >= 15 is 0 Å². The minimum absolute atomic E-state index is 0.00506. The summed E-state index contributed by atoms with van der Waals surface area (Å²) >= 11 is 1.25. The molecule has 1 aromatic carbocycles. The maximum Gasteiger partial charge on any atom is 0.326 e. The highest BCUT2D eigenvalue weighted by molar-refractivity contribution is 7.09. The molecule has 11 nitrogen and oxygen atoms in total. The summed E-state index contributed by atoms with van der Waals surface area (Å²) in [5.41, 5.74) is 0.889. The van der Waals surface area contributed by atoms with Gasteiger partial charge >= 0.3 is 5.97 Å². The Hall–Kier alpha value is -3.19. The number of hydrogen-bond acceptors (Lipinski definition) is 9. The Morgan fingerprint density at radius 2 is 1.84 bits per heavy atom. The van der Waals surface area contributed by atoms with Crippen LogP contribution in [0.15, 0.2) is 35.7 Å². The molecule has 0 bridgehead atoms. The van der Waals surface area contributed by atoms with Crippen LogP contribution in [0.1, 0.15) is 107 Å². The van der Waals surface area contributed by atoms with E-state index in [2.05, 4.69) is 42.9 Å². The number of hydrogen-bond donors (Lipinski definition) is 2. The van der Waals surface area contributed by atoms with Gasteiger partial charge in [0, 0.05) is 50.3 Å². The molecule has 278 valence electrons. The fourth-order valence-corrected chi connectivity index (χ4v) is 7.59. The number of ketones is 1. The van der Waals surface area contributed by atoms with Crippen molar-refractivity contribution >= 4 is 34.9 Å². The highest BCUT2D eigenvalue weighted by Crippen LogP contribution is 2.33. The van der Waals surface area contributed by atoms with Gasteiger partial charge in [0.1, 0.15) is 29.6 Å². The highest BCUT2D eigenvalue weighted by atomic mass is 32.1. The van der Waals surface area contributed by atoms with Gasteiger partial charge in [-0.05, 0) is 50.3 Å². The Labute approximate surface area is 302 Å². The number of carbonyl (C=O) groups excluding carboxylic acids is 3. The first-order valence-corrected chi connectivity index (χ1v) is 19.0. The average molecular weight is 715 g/mol. The molecule has 0 spiro atoms. The summed E-state index contributed by atoms with van der Waals surface area (Å²) in [6.45, 7) is 11.7. The van der Waals surface area contributed by atoms with Crippen LogP contribution in [0.3, 0.4) is 0 Å². The van der Waals surface area contributed by atoms with Gasteiger partial charge in [0.2, 0.25) is 5.91 Å². The number of Topliss-reactive ketones (excluding diaryl/α,β-unsaturated/α-hetero) is 1. The zero-order valence-corrected chi connectivity index (χ0v) is 31.7. The zero-order chi connectivity index (χ0) is 36.8. The Morgan fingerprint density at radius 3 is 2.44 bits per heavy atom. The van der Waals surface area contributed by atoms with Crippen LogP contribution in [0.5, 0.6) is 0 Å². The van der Waals surface area contributed by atoms with Crippen LogP contribution in [0.25, 0.3) is 0 Å². The van der Waals surface area contributed by atoms with E-state index in [0.717, 1.165) is 44.2 Å². The molecule has 2 N–H and O–H groups in total. The number of amides is 2. The molecule has 1 aromatic heterocycles. The number of piperidine rings is 1. The van der Waals surface area contributed by atoms with Crippen molar-refractivity contribution in [2.45, 2.75) is 110 Å². The standard InChI is InChI=1S/C38H58N4O7S/c1-8-18-42(37(45)28(26(5)9-2)21-33(43)31-17-13-14-19-41(31)6)32(25(3)4)22-34(49-24-48-7)36-40-30(23-50-36)35(44)39-29(38(46)47)20-27-15-11-10-12-16-27/h10-12,15-16,23,25-26,28-29,31-32,34H,8-9,13-14,17-22,24H2,1-7H3,(H,39,44)(H,46,47)/t26-,28?,29-,31?,32+,34+/m0/s1. The van der Waals surface area contributed by atoms with Crippen molar-refractivity contribution in [3.8, 4) is 0 Å². The number of nitrogens with zero attached hydrogens (tertiary/aromatic N) is 3. The van der Waals surface area contributed by atoms with Gasteiger partial charge in [0.25, 0.3) is 5.91 Å². The van der Waals surface area contributed by atoms with Gasteiger partial charge in [-0.2, -0.15) is 0 Å². The monoisotopic (exact) mass is 714 g/mol. The van der Waals surface area contributed by atoms with E-state index < -0.39 is 29.9 Å². The number of carboxylic acid groups (broad SMARTS) is 1. The van der Waals surface area contributed by atoms with Crippen LogP contribution < -0.4 is 5.32 Å². The summed E-state index contributed by atoms with van der Waals surface area (Å²) in [6, 6.07) is 7.61. The second-order valence-corrected chi connectivity index (χ2v) is 14.8. The average Bonchev–Trinajstić information content (AvgIpc) is 3.60. The smallest absolute Gasteiger partial charge is 0.326 e. The number of thiazole rings is 1. The summed E-state index contributed by atoms with van der Waals surface area (Å²) < 4.78 is 11.4. The summed E-state index contributed by atoms with van der Waals surface area (Å²) in [4.78, 5) is 62.1. The Balaban J connectivity index is 1.85. The van der Waals surface area contributed by atoms with E-state index in [1.807, 2.05) is 49.2 Å². The molecule has 1 aliphatic rings. The summed E-state index contributed by atoms with van der Waals surface area (Å²) in [5, 5.41) is 14.6. The first-order chi connectivity index (χ1) is 23.9. The summed E-state index contributed by atoms with van der Waals surface area (Å²) in [6.07, 6.45) is 4.65. The van der Waals surface area contributed by atoms with Crippen molar-refractivity contribution in [1.29, 1.82) is 0 Å². The number of ether oxygens (including phenoxy) is 2. The van der Waals surface area contributed by atoms with Crippen LogP contribution in [0.4, 0.5) is 0 Å². The molecule has 50 heavy (non-hydrogen) atoms. The lowest BCUT2D eigenvalue weighted by Crippen LogP contribution is -2.50. The zero-order valence-electron chi connectivity index (χ0n) is 30.9. The quantitative estimate of drug-likeness (QED) is 0.149. The number of carboxylic acids is 1. The van der Waals surface area contributed by atoms with Crippen LogP contribution in [-0.4, -0.2) is 95.6 Å². The van der Waals surface area contributed by atoms with E-state index in [4.69, 9.17) is 9.47 Å². The molecule has 0 aliphatic carbocycles. The maximum atomic E-state index is 14.6. The number of methoxy groups -OCH3 is 1. The minimum atomic E-state index is -1.14. The Kier molecular flexibility index (Phi) is 17.0. The fraction of sp³-hybridized carbons (Fsp3) is 0.658. The molecule has 12 heteroatoms. The van der Waals surface area contributed by atoms with Gasteiger partial charge in [0.05, 0.1) is 6.04 Å². The number of aliphatic carboxylic acids is 1. The largest absolute Gasteiger partial charge is 0.480 e.